The van der Waals surface area contributed by atoms with Crippen molar-refractivity contribution >= 4 is 11.5 Å². The van der Waals surface area contributed by atoms with Gasteiger partial charge in [0.1, 0.15) is 17.5 Å². The molecule has 0 fully saturated rings. The Bertz CT molecular complexity index is 1360. The third-order valence-electron chi connectivity index (χ3n) is 5.77. The maximum atomic E-state index is 9.27. The molecule has 0 saturated heterocycles. The number of ether oxygens (including phenoxy) is 2. The number of fused-ring (bicyclic) bond motifs is 1. The summed E-state index contributed by atoms with van der Waals surface area (Å²) in [6.07, 6.45) is 5.12. The molecule has 1 aliphatic rings. The molecule has 0 radical (unpaired) electrons. The van der Waals surface area contributed by atoms with Gasteiger partial charge in [0.2, 0.25) is 5.88 Å². The summed E-state index contributed by atoms with van der Waals surface area (Å²) >= 11 is 0. The molecule has 176 valence electrons. The minimum atomic E-state index is -0.256. The van der Waals surface area contributed by atoms with Gasteiger partial charge in [0.25, 0.3) is 0 Å². The Labute approximate surface area is 203 Å². The maximum absolute atomic E-state index is 9.27. The Morgan fingerprint density at radius 2 is 2.06 bits per heavy atom. The highest BCUT2D eigenvalue weighted by Gasteiger charge is 2.26. The molecular weight excluding hydrogens is 442 g/mol. The number of nitrogens with zero attached hydrogens (tertiary/aromatic N) is 6. The second-order valence-electron chi connectivity index (χ2n) is 8.29. The summed E-state index contributed by atoms with van der Waals surface area (Å²) in [6, 6.07) is 18.0. The van der Waals surface area contributed by atoms with Gasteiger partial charge in [0.15, 0.2) is 5.82 Å². The van der Waals surface area contributed by atoms with E-state index >= 15 is 0 Å². The van der Waals surface area contributed by atoms with Gasteiger partial charge in [-0.25, -0.2) is 4.98 Å². The van der Waals surface area contributed by atoms with Crippen LogP contribution in [0.4, 0.5) is 11.5 Å². The van der Waals surface area contributed by atoms with Crippen molar-refractivity contribution in [1.29, 1.82) is 5.26 Å². The molecule has 2 aromatic carbocycles. The first-order valence-corrected chi connectivity index (χ1v) is 11.3. The van der Waals surface area contributed by atoms with Crippen molar-refractivity contribution in [3.05, 3.63) is 84.2 Å². The Morgan fingerprint density at radius 3 is 2.80 bits per heavy atom. The molecule has 0 aliphatic carbocycles. The Hall–Kier alpha value is -4.42. The van der Waals surface area contributed by atoms with Gasteiger partial charge in [-0.1, -0.05) is 30.3 Å². The predicted molar refractivity (Wildman–Crippen MR) is 131 cm³/mol. The predicted octanol–water partition coefficient (Wildman–Crippen LogP) is 4.18. The van der Waals surface area contributed by atoms with Crippen LogP contribution in [-0.4, -0.2) is 44.6 Å². The van der Waals surface area contributed by atoms with Crippen LogP contribution in [0.25, 0.3) is 5.69 Å². The van der Waals surface area contributed by atoms with Crippen molar-refractivity contribution in [2.45, 2.75) is 19.6 Å². The highest BCUT2D eigenvalue weighted by atomic mass is 16.5. The number of hydrogen-bond acceptors (Lipinski definition) is 8. The summed E-state index contributed by atoms with van der Waals surface area (Å²) in [5.74, 6) is 1.71. The zero-order valence-electron chi connectivity index (χ0n) is 19.5. The molecule has 9 nitrogen and oxygen atoms in total. The number of nitriles is 1. The van der Waals surface area contributed by atoms with E-state index in [2.05, 4.69) is 21.4 Å². The zero-order valence-corrected chi connectivity index (χ0v) is 19.5. The lowest BCUT2D eigenvalue weighted by atomic mass is 10.1. The third-order valence-corrected chi connectivity index (χ3v) is 5.77. The van der Waals surface area contributed by atoms with E-state index in [0.29, 0.717) is 36.2 Å². The van der Waals surface area contributed by atoms with E-state index in [-0.39, 0.29) is 12.6 Å². The molecule has 2 aromatic heterocycles. The molecule has 1 aliphatic heterocycles. The molecule has 1 unspecified atom stereocenters. The molecule has 9 heteroatoms. The fourth-order valence-corrected chi connectivity index (χ4v) is 4.07. The maximum Gasteiger partial charge on any atom is 0.239 e. The smallest absolute Gasteiger partial charge is 0.239 e. The number of rotatable bonds is 6. The number of anilines is 2. The summed E-state index contributed by atoms with van der Waals surface area (Å²) in [4.78, 5) is 15.6. The van der Waals surface area contributed by atoms with E-state index < -0.39 is 0 Å². The van der Waals surface area contributed by atoms with Crippen LogP contribution in [0, 0.1) is 18.3 Å². The van der Waals surface area contributed by atoms with E-state index in [1.165, 1.54) is 0 Å². The first kappa shape index (κ1) is 22.4. The zero-order chi connectivity index (χ0) is 24.2. The Balaban J connectivity index is 1.42. The SMILES string of the molecule is COc1cc(Nc2cnc3c(n2)OC(c2ccccc2)CN(CC#N)C3)ccc1-n1cnc(C)c1. The van der Waals surface area contributed by atoms with E-state index in [9.17, 15) is 5.26 Å². The van der Waals surface area contributed by atoms with E-state index in [4.69, 9.17) is 14.5 Å². The van der Waals surface area contributed by atoms with Gasteiger partial charge in [-0.2, -0.15) is 10.2 Å². The van der Waals surface area contributed by atoms with Crippen LogP contribution in [0.3, 0.4) is 0 Å². The molecule has 5 rings (SSSR count). The minimum absolute atomic E-state index is 0.256. The molecule has 0 spiro atoms. The number of hydrogen-bond donors (Lipinski definition) is 1. The quantitative estimate of drug-likeness (QED) is 0.422. The molecule has 1 atom stereocenters. The van der Waals surface area contributed by atoms with Crippen molar-refractivity contribution in [3.63, 3.8) is 0 Å². The molecule has 35 heavy (non-hydrogen) atoms. The normalized spacial score (nSPS) is 15.4. The van der Waals surface area contributed by atoms with Crippen molar-refractivity contribution in [2.24, 2.45) is 0 Å². The van der Waals surface area contributed by atoms with Crippen LogP contribution in [-0.2, 0) is 6.54 Å². The van der Waals surface area contributed by atoms with E-state index in [1.807, 2.05) is 71.1 Å². The van der Waals surface area contributed by atoms with Gasteiger partial charge < -0.3 is 19.4 Å². The van der Waals surface area contributed by atoms with E-state index in [1.54, 1.807) is 19.6 Å². The summed E-state index contributed by atoms with van der Waals surface area (Å²) in [5.41, 5.74) is 4.34. The van der Waals surface area contributed by atoms with E-state index in [0.717, 1.165) is 22.6 Å². The number of benzene rings is 2. The fraction of sp³-hybridized carbons (Fsp3) is 0.231. The highest BCUT2D eigenvalue weighted by molar-refractivity contribution is 5.63. The van der Waals surface area contributed by atoms with Gasteiger partial charge in [0.05, 0.1) is 43.6 Å². The summed E-state index contributed by atoms with van der Waals surface area (Å²) in [6.45, 7) is 3.30. The topological polar surface area (TPSA) is 101 Å². The Kier molecular flexibility index (Phi) is 6.28. The van der Waals surface area contributed by atoms with Crippen LogP contribution in [0.15, 0.2) is 67.3 Å². The monoisotopic (exact) mass is 467 g/mol. The largest absolute Gasteiger partial charge is 0.494 e. The molecule has 0 amide bonds. The van der Waals surface area contributed by atoms with Gasteiger partial charge >= 0.3 is 0 Å². The second-order valence-corrected chi connectivity index (χ2v) is 8.29. The first-order valence-electron chi connectivity index (χ1n) is 11.3. The molecular formula is C26H25N7O2. The number of nitrogens with one attached hydrogen (secondary N) is 1. The lowest BCUT2D eigenvalue weighted by Gasteiger charge is -2.21. The van der Waals surface area contributed by atoms with Crippen LogP contribution in [0.1, 0.15) is 23.1 Å². The number of methoxy groups -OCH3 is 1. The number of imidazole rings is 1. The fourth-order valence-electron chi connectivity index (χ4n) is 4.07. The minimum Gasteiger partial charge on any atom is -0.494 e. The van der Waals surface area contributed by atoms with Gasteiger partial charge in [-0.3, -0.25) is 9.88 Å². The molecule has 4 aromatic rings. The van der Waals surface area contributed by atoms with Gasteiger partial charge in [-0.05, 0) is 24.6 Å². The van der Waals surface area contributed by atoms with Crippen molar-refractivity contribution in [2.75, 3.05) is 25.5 Å². The molecule has 1 N–H and O–H groups in total. The van der Waals surface area contributed by atoms with Crippen molar-refractivity contribution in [3.8, 4) is 23.4 Å². The van der Waals surface area contributed by atoms with Crippen LogP contribution in [0.2, 0.25) is 0 Å². The van der Waals surface area contributed by atoms with Crippen LogP contribution < -0.4 is 14.8 Å². The number of aromatic nitrogens is 4. The molecule has 0 saturated carbocycles. The van der Waals surface area contributed by atoms with Crippen molar-refractivity contribution < 1.29 is 9.47 Å². The first-order chi connectivity index (χ1) is 17.1. The summed E-state index contributed by atoms with van der Waals surface area (Å²) in [7, 11) is 1.64. The average molecular weight is 468 g/mol. The lowest BCUT2D eigenvalue weighted by molar-refractivity contribution is 0.153. The van der Waals surface area contributed by atoms with Gasteiger partial charge in [0, 0.05) is 31.0 Å². The Morgan fingerprint density at radius 1 is 1.20 bits per heavy atom. The summed E-state index contributed by atoms with van der Waals surface area (Å²) < 4.78 is 13.9. The third kappa shape index (κ3) is 4.93. The van der Waals surface area contributed by atoms with Crippen LogP contribution >= 0.6 is 0 Å². The van der Waals surface area contributed by atoms with Crippen molar-refractivity contribution in [1.82, 2.24) is 24.4 Å². The number of aryl methyl sites for hydroxylation is 1. The molecule has 3 heterocycles. The second kappa shape index (κ2) is 9.83. The average Bonchev–Trinajstić information content (AvgIpc) is 3.22. The molecule has 0 bridgehead atoms. The highest BCUT2D eigenvalue weighted by Crippen LogP contribution is 2.32. The lowest BCUT2D eigenvalue weighted by Crippen LogP contribution is -2.28. The standard InChI is InChI=1S/C26H25N7O2/c1-18-14-33(17-29-18)22-9-8-20(12-23(22)34-2)30-25-13-28-21-15-32(11-10-27)16-24(35-26(21)31-25)19-6-4-3-5-7-19/h3-9,12-14,17,24H,11,15-16H2,1-2H3,(H,30,31). The van der Waals surface area contributed by atoms with Gasteiger partial charge in [-0.15, -0.1) is 0 Å². The summed E-state index contributed by atoms with van der Waals surface area (Å²) in [5, 5.41) is 12.6. The van der Waals surface area contributed by atoms with Crippen LogP contribution in [0.5, 0.6) is 11.6 Å².